The standard InChI is InChI=1S/C22H35N7/c1-4-27-14-16-28(17-15-27)21(18-10-12-19(13-11-18)26(2)3)22-23-24-25-29(22)20-8-6-5-7-9-20/h10-13,20-21H,4-9,14-17H2,1-3H3. The summed E-state index contributed by atoms with van der Waals surface area (Å²) in [6.07, 6.45) is 6.27. The Hall–Kier alpha value is -1.99. The van der Waals surface area contributed by atoms with E-state index in [9.17, 15) is 0 Å². The first kappa shape index (κ1) is 20.3. The fraction of sp³-hybridized carbons (Fsp3) is 0.682. The molecule has 0 N–H and O–H groups in total. The van der Waals surface area contributed by atoms with Crippen molar-refractivity contribution in [2.75, 3.05) is 51.7 Å². The van der Waals surface area contributed by atoms with Gasteiger partial charge in [0.05, 0.1) is 12.1 Å². The molecule has 158 valence electrons. The van der Waals surface area contributed by atoms with Crippen LogP contribution in [0.3, 0.4) is 0 Å². The SMILES string of the molecule is CCN1CCN(C(c2ccc(N(C)C)cc2)c2nnnn2C2CCCCC2)CC1. The molecule has 2 heterocycles. The molecule has 1 aromatic carbocycles. The van der Waals surface area contributed by atoms with Crippen LogP contribution in [0.2, 0.25) is 0 Å². The fourth-order valence-corrected chi connectivity index (χ4v) is 4.78. The maximum atomic E-state index is 4.58. The monoisotopic (exact) mass is 397 g/mol. The minimum Gasteiger partial charge on any atom is -0.378 e. The average molecular weight is 398 g/mol. The molecule has 1 aromatic heterocycles. The van der Waals surface area contributed by atoms with E-state index in [4.69, 9.17) is 0 Å². The van der Waals surface area contributed by atoms with Gasteiger partial charge >= 0.3 is 0 Å². The predicted molar refractivity (Wildman–Crippen MR) is 116 cm³/mol. The van der Waals surface area contributed by atoms with Gasteiger partial charge in [-0.25, -0.2) is 4.68 Å². The number of piperazine rings is 1. The van der Waals surface area contributed by atoms with Crippen molar-refractivity contribution in [3.63, 3.8) is 0 Å². The van der Waals surface area contributed by atoms with Crippen LogP contribution in [-0.4, -0.2) is 76.8 Å². The maximum Gasteiger partial charge on any atom is 0.173 e. The van der Waals surface area contributed by atoms with Crippen LogP contribution in [0.1, 0.15) is 62.5 Å². The Labute approximate surface area is 174 Å². The van der Waals surface area contributed by atoms with Gasteiger partial charge in [-0.1, -0.05) is 38.3 Å². The average Bonchev–Trinajstić information content (AvgIpc) is 3.25. The molecule has 0 bridgehead atoms. The lowest BCUT2D eigenvalue weighted by Gasteiger charge is -2.39. The molecule has 0 spiro atoms. The largest absolute Gasteiger partial charge is 0.378 e. The highest BCUT2D eigenvalue weighted by molar-refractivity contribution is 5.47. The number of hydrogen-bond acceptors (Lipinski definition) is 6. The number of nitrogens with zero attached hydrogens (tertiary/aromatic N) is 7. The van der Waals surface area contributed by atoms with Crippen LogP contribution in [0.15, 0.2) is 24.3 Å². The van der Waals surface area contributed by atoms with Crippen LogP contribution in [0, 0.1) is 0 Å². The van der Waals surface area contributed by atoms with Crippen LogP contribution in [0.4, 0.5) is 5.69 Å². The molecule has 1 aliphatic heterocycles. The van der Waals surface area contributed by atoms with E-state index in [1.807, 2.05) is 0 Å². The number of aromatic nitrogens is 4. The Bertz CT molecular complexity index is 756. The molecule has 1 aliphatic carbocycles. The van der Waals surface area contributed by atoms with Crippen molar-refractivity contribution >= 4 is 5.69 Å². The molecule has 1 unspecified atom stereocenters. The zero-order valence-electron chi connectivity index (χ0n) is 18.2. The third-order valence-corrected chi connectivity index (χ3v) is 6.63. The minimum atomic E-state index is 0.113. The lowest BCUT2D eigenvalue weighted by atomic mass is 9.95. The molecule has 1 saturated carbocycles. The van der Waals surface area contributed by atoms with Gasteiger partial charge in [-0.15, -0.1) is 5.10 Å². The zero-order valence-corrected chi connectivity index (χ0v) is 18.2. The number of tetrazole rings is 1. The van der Waals surface area contributed by atoms with E-state index in [0.29, 0.717) is 6.04 Å². The first-order valence-corrected chi connectivity index (χ1v) is 11.2. The number of anilines is 1. The Morgan fingerprint density at radius 2 is 1.69 bits per heavy atom. The normalized spacial score (nSPS) is 20.7. The molecule has 0 radical (unpaired) electrons. The summed E-state index contributed by atoms with van der Waals surface area (Å²) in [7, 11) is 4.17. The predicted octanol–water partition coefficient (Wildman–Crippen LogP) is 2.97. The third-order valence-electron chi connectivity index (χ3n) is 6.63. The first-order chi connectivity index (χ1) is 14.2. The van der Waals surface area contributed by atoms with E-state index < -0.39 is 0 Å². The van der Waals surface area contributed by atoms with Gasteiger partial charge < -0.3 is 9.80 Å². The molecule has 1 saturated heterocycles. The summed E-state index contributed by atoms with van der Waals surface area (Å²) in [4.78, 5) is 7.24. The molecular formula is C22H35N7. The molecule has 4 rings (SSSR count). The van der Waals surface area contributed by atoms with Crippen molar-refractivity contribution in [1.82, 2.24) is 30.0 Å². The van der Waals surface area contributed by atoms with E-state index in [1.165, 1.54) is 43.4 Å². The molecule has 7 heteroatoms. The molecule has 0 amide bonds. The van der Waals surface area contributed by atoms with Gasteiger partial charge in [-0.2, -0.15) is 0 Å². The summed E-state index contributed by atoms with van der Waals surface area (Å²) < 4.78 is 2.15. The molecule has 7 nitrogen and oxygen atoms in total. The van der Waals surface area contributed by atoms with Crippen LogP contribution < -0.4 is 4.90 Å². The van der Waals surface area contributed by atoms with Crippen molar-refractivity contribution in [3.05, 3.63) is 35.7 Å². The van der Waals surface area contributed by atoms with Crippen LogP contribution >= 0.6 is 0 Å². The van der Waals surface area contributed by atoms with Crippen LogP contribution in [0.25, 0.3) is 0 Å². The summed E-state index contributed by atoms with van der Waals surface area (Å²) >= 11 is 0. The van der Waals surface area contributed by atoms with Crippen LogP contribution in [-0.2, 0) is 0 Å². The van der Waals surface area contributed by atoms with Crippen LogP contribution in [0.5, 0.6) is 0 Å². The summed E-state index contributed by atoms with van der Waals surface area (Å²) in [5, 5.41) is 13.2. The van der Waals surface area contributed by atoms with Gasteiger partial charge in [-0.05, 0) is 47.5 Å². The fourth-order valence-electron chi connectivity index (χ4n) is 4.78. The number of benzene rings is 1. The summed E-state index contributed by atoms with van der Waals surface area (Å²) in [6.45, 7) is 7.67. The molecule has 2 fully saturated rings. The van der Waals surface area contributed by atoms with Gasteiger partial charge in [0, 0.05) is 46.0 Å². The third kappa shape index (κ3) is 4.46. The Kier molecular flexibility index (Phi) is 6.45. The number of rotatable bonds is 6. The second kappa shape index (κ2) is 9.22. The van der Waals surface area contributed by atoms with Crippen molar-refractivity contribution in [2.24, 2.45) is 0 Å². The first-order valence-electron chi connectivity index (χ1n) is 11.2. The lowest BCUT2D eigenvalue weighted by Crippen LogP contribution is -2.48. The van der Waals surface area contributed by atoms with E-state index >= 15 is 0 Å². The van der Waals surface area contributed by atoms with E-state index in [1.54, 1.807) is 0 Å². The van der Waals surface area contributed by atoms with E-state index in [-0.39, 0.29) is 6.04 Å². The van der Waals surface area contributed by atoms with E-state index in [0.717, 1.165) is 38.5 Å². The molecule has 29 heavy (non-hydrogen) atoms. The quantitative estimate of drug-likeness (QED) is 0.747. The Balaban J connectivity index is 1.66. The summed E-state index contributed by atoms with van der Waals surface area (Å²) in [5.74, 6) is 1.01. The molecular weight excluding hydrogens is 362 g/mol. The Morgan fingerprint density at radius 3 is 2.31 bits per heavy atom. The van der Waals surface area contributed by atoms with E-state index in [2.05, 4.69) is 80.2 Å². The van der Waals surface area contributed by atoms with Crippen molar-refractivity contribution < 1.29 is 0 Å². The molecule has 1 atom stereocenters. The highest BCUT2D eigenvalue weighted by Crippen LogP contribution is 2.34. The van der Waals surface area contributed by atoms with Crippen molar-refractivity contribution in [2.45, 2.75) is 51.1 Å². The molecule has 2 aliphatic rings. The van der Waals surface area contributed by atoms with Gasteiger partial charge in [0.1, 0.15) is 0 Å². The second-order valence-corrected chi connectivity index (χ2v) is 8.63. The van der Waals surface area contributed by atoms with Gasteiger partial charge in [0.15, 0.2) is 5.82 Å². The second-order valence-electron chi connectivity index (χ2n) is 8.63. The van der Waals surface area contributed by atoms with Gasteiger partial charge in [-0.3, -0.25) is 4.90 Å². The maximum absolute atomic E-state index is 4.58. The number of hydrogen-bond donors (Lipinski definition) is 0. The highest BCUT2D eigenvalue weighted by Gasteiger charge is 2.32. The highest BCUT2D eigenvalue weighted by atomic mass is 15.6. The smallest absolute Gasteiger partial charge is 0.173 e. The Morgan fingerprint density at radius 1 is 1.00 bits per heavy atom. The van der Waals surface area contributed by atoms with Gasteiger partial charge in [0.2, 0.25) is 0 Å². The lowest BCUT2D eigenvalue weighted by molar-refractivity contribution is 0.107. The summed E-state index contributed by atoms with van der Waals surface area (Å²) in [6, 6.07) is 9.48. The zero-order chi connectivity index (χ0) is 20.2. The van der Waals surface area contributed by atoms with Crippen molar-refractivity contribution in [3.8, 4) is 0 Å². The topological polar surface area (TPSA) is 53.3 Å². The van der Waals surface area contributed by atoms with Crippen molar-refractivity contribution in [1.29, 1.82) is 0 Å². The molecule has 2 aromatic rings. The minimum absolute atomic E-state index is 0.113. The number of likely N-dealkylation sites (N-methyl/N-ethyl adjacent to an activating group) is 1. The summed E-state index contributed by atoms with van der Waals surface area (Å²) in [5.41, 5.74) is 2.50. The van der Waals surface area contributed by atoms with Gasteiger partial charge in [0.25, 0.3) is 0 Å².